The molecule has 1 N–H and O–H groups in total. The van der Waals surface area contributed by atoms with Crippen LogP contribution in [-0.2, 0) is 11.2 Å². The van der Waals surface area contributed by atoms with E-state index in [4.69, 9.17) is 21.1 Å². The van der Waals surface area contributed by atoms with Crippen molar-refractivity contribution in [1.82, 2.24) is 0 Å². The predicted molar refractivity (Wildman–Crippen MR) is 103 cm³/mol. The molecule has 0 aromatic heterocycles. The maximum absolute atomic E-state index is 11.7. The normalized spacial score (nSPS) is 10.7. The summed E-state index contributed by atoms with van der Waals surface area (Å²) in [5, 5.41) is 10.5. The fourth-order valence-corrected chi connectivity index (χ4v) is 2.54. The summed E-state index contributed by atoms with van der Waals surface area (Å²) in [6.45, 7) is 5.97. The molecule has 5 nitrogen and oxygen atoms in total. The molecule has 0 aliphatic carbocycles. The zero-order chi connectivity index (χ0) is 19.1. The van der Waals surface area contributed by atoms with Crippen molar-refractivity contribution in [3.8, 4) is 11.5 Å². The number of aliphatic imine (C=N–C) groups is 1. The van der Waals surface area contributed by atoms with Gasteiger partial charge in [-0.1, -0.05) is 17.7 Å². The van der Waals surface area contributed by atoms with Gasteiger partial charge in [-0.3, -0.25) is 4.99 Å². The highest BCUT2D eigenvalue weighted by Gasteiger charge is 2.12. The van der Waals surface area contributed by atoms with Gasteiger partial charge in [0.1, 0.15) is 0 Å². The number of hydrogen-bond acceptors (Lipinski definition) is 5. The van der Waals surface area contributed by atoms with Gasteiger partial charge < -0.3 is 14.6 Å². The second-order valence-electron chi connectivity index (χ2n) is 5.37. The topological polar surface area (TPSA) is 68.1 Å². The lowest BCUT2D eigenvalue weighted by Crippen LogP contribution is -2.01. The lowest BCUT2D eigenvalue weighted by Gasteiger charge is -2.11. The van der Waals surface area contributed by atoms with Gasteiger partial charge in [-0.15, -0.1) is 6.58 Å². The number of allylic oxidation sites excluding steroid dienone is 1. The molecule has 0 heterocycles. The second-order valence-corrected chi connectivity index (χ2v) is 5.77. The van der Waals surface area contributed by atoms with E-state index >= 15 is 0 Å². The number of rotatable bonds is 7. The number of phenols is 1. The molecule has 2 aromatic carbocycles. The minimum Gasteiger partial charge on any atom is -0.504 e. The molecule has 0 spiro atoms. The quantitative estimate of drug-likeness (QED) is 0.433. The molecular formula is C20H20ClNO4. The van der Waals surface area contributed by atoms with Gasteiger partial charge in [0.2, 0.25) is 0 Å². The van der Waals surface area contributed by atoms with Gasteiger partial charge in [0.05, 0.1) is 30.0 Å². The van der Waals surface area contributed by atoms with Crippen LogP contribution in [0.25, 0.3) is 0 Å². The van der Waals surface area contributed by atoms with Gasteiger partial charge in [-0.25, -0.2) is 4.79 Å². The Labute approximate surface area is 157 Å². The number of carbonyl (C=O) groups is 1. The second kappa shape index (κ2) is 9.06. The van der Waals surface area contributed by atoms with Crippen LogP contribution in [0.2, 0.25) is 5.02 Å². The number of ether oxygens (including phenoxy) is 2. The molecule has 0 fully saturated rings. The number of benzene rings is 2. The van der Waals surface area contributed by atoms with E-state index in [1.165, 1.54) is 7.11 Å². The number of esters is 1. The minimum atomic E-state index is -0.524. The van der Waals surface area contributed by atoms with Crippen LogP contribution in [0.4, 0.5) is 5.69 Å². The summed E-state index contributed by atoms with van der Waals surface area (Å²) in [5.41, 5.74) is 2.24. The molecule has 0 aliphatic rings. The van der Waals surface area contributed by atoms with E-state index in [1.54, 1.807) is 42.6 Å². The number of carbonyl (C=O) groups excluding carboxylic acids is 1. The zero-order valence-electron chi connectivity index (χ0n) is 14.7. The van der Waals surface area contributed by atoms with Crippen LogP contribution in [0.3, 0.4) is 0 Å². The lowest BCUT2D eigenvalue weighted by molar-refractivity contribution is 0.0601. The van der Waals surface area contributed by atoms with Gasteiger partial charge >= 0.3 is 5.97 Å². The van der Waals surface area contributed by atoms with Gasteiger partial charge in [0.25, 0.3) is 0 Å². The molecule has 0 atom stereocenters. The van der Waals surface area contributed by atoms with Crippen molar-refractivity contribution in [3.63, 3.8) is 0 Å². The number of halogens is 1. The Bertz CT molecular complexity index is 846. The number of methoxy groups -OCH3 is 1. The number of nitrogens with zero attached hydrogens (tertiary/aromatic N) is 1. The third kappa shape index (κ3) is 4.64. The van der Waals surface area contributed by atoms with Crippen LogP contribution in [0.5, 0.6) is 11.5 Å². The highest BCUT2D eigenvalue weighted by atomic mass is 35.5. The summed E-state index contributed by atoms with van der Waals surface area (Å²) in [4.78, 5) is 16.1. The van der Waals surface area contributed by atoms with Gasteiger partial charge in [-0.2, -0.15) is 0 Å². The summed E-state index contributed by atoms with van der Waals surface area (Å²) in [7, 11) is 1.29. The Morgan fingerprint density at radius 2 is 2.12 bits per heavy atom. The fraction of sp³-hybridized carbons (Fsp3) is 0.200. The number of hydrogen-bond donors (Lipinski definition) is 1. The molecular weight excluding hydrogens is 354 g/mol. The van der Waals surface area contributed by atoms with Gasteiger partial charge in [-0.05, 0) is 49.2 Å². The molecule has 6 heteroatoms. The molecule has 0 saturated carbocycles. The van der Waals surface area contributed by atoms with Crippen molar-refractivity contribution in [1.29, 1.82) is 0 Å². The Morgan fingerprint density at radius 3 is 2.77 bits per heavy atom. The van der Waals surface area contributed by atoms with Crippen molar-refractivity contribution < 1.29 is 19.4 Å². The van der Waals surface area contributed by atoms with Gasteiger partial charge in [0.15, 0.2) is 11.5 Å². The van der Waals surface area contributed by atoms with E-state index in [-0.39, 0.29) is 11.3 Å². The summed E-state index contributed by atoms with van der Waals surface area (Å²) >= 11 is 6.01. The summed E-state index contributed by atoms with van der Waals surface area (Å²) < 4.78 is 10.2. The summed E-state index contributed by atoms with van der Waals surface area (Å²) in [5.74, 6) is -0.0355. The first-order chi connectivity index (χ1) is 12.5. The minimum absolute atomic E-state index is 0.100. The van der Waals surface area contributed by atoms with E-state index in [1.807, 2.05) is 6.92 Å². The standard InChI is InChI=1S/C20H20ClNO4/c1-4-6-14-9-13(10-18(19(14)23)26-5-2)12-22-15-7-8-17(21)16(11-15)20(24)25-3/h4,7-12,23H,1,5-6H2,2-3H3. The Hall–Kier alpha value is -2.79. The van der Waals surface area contributed by atoms with Crippen LogP contribution >= 0.6 is 11.6 Å². The fourth-order valence-electron chi connectivity index (χ4n) is 2.35. The lowest BCUT2D eigenvalue weighted by atomic mass is 10.1. The summed E-state index contributed by atoms with van der Waals surface area (Å²) in [6, 6.07) is 8.34. The third-order valence-corrected chi connectivity index (χ3v) is 3.89. The van der Waals surface area contributed by atoms with Crippen LogP contribution in [0.1, 0.15) is 28.4 Å². The molecule has 0 radical (unpaired) electrons. The van der Waals surface area contributed by atoms with Crippen LogP contribution in [-0.4, -0.2) is 31.0 Å². The average Bonchev–Trinajstić information content (AvgIpc) is 2.64. The molecule has 0 aliphatic heterocycles. The highest BCUT2D eigenvalue weighted by molar-refractivity contribution is 6.33. The van der Waals surface area contributed by atoms with Crippen LogP contribution in [0, 0.1) is 0 Å². The SMILES string of the molecule is C=CCc1cc(C=Nc2ccc(Cl)c(C(=O)OC)c2)cc(OCC)c1O. The van der Waals surface area contributed by atoms with E-state index in [2.05, 4.69) is 11.6 Å². The maximum atomic E-state index is 11.7. The van der Waals surface area contributed by atoms with E-state index in [9.17, 15) is 9.90 Å². The summed E-state index contributed by atoms with van der Waals surface area (Å²) in [6.07, 6.45) is 3.83. The average molecular weight is 374 g/mol. The number of phenolic OH excluding ortho intramolecular Hbond substituents is 1. The monoisotopic (exact) mass is 373 g/mol. The van der Waals surface area contributed by atoms with Crippen molar-refractivity contribution in [2.75, 3.05) is 13.7 Å². The highest BCUT2D eigenvalue weighted by Crippen LogP contribution is 2.32. The van der Waals surface area contributed by atoms with Crippen LogP contribution < -0.4 is 4.74 Å². The van der Waals surface area contributed by atoms with Gasteiger partial charge in [0, 0.05) is 11.8 Å². The first-order valence-corrected chi connectivity index (χ1v) is 8.39. The molecule has 0 unspecified atom stereocenters. The molecule has 2 rings (SSSR count). The van der Waals surface area contributed by atoms with Crippen molar-refractivity contribution >= 4 is 29.5 Å². The first kappa shape index (κ1) is 19.5. The van der Waals surface area contributed by atoms with Crippen molar-refractivity contribution in [3.05, 3.63) is 64.7 Å². The van der Waals surface area contributed by atoms with Crippen molar-refractivity contribution in [2.45, 2.75) is 13.3 Å². The zero-order valence-corrected chi connectivity index (χ0v) is 15.4. The van der Waals surface area contributed by atoms with E-state index in [0.717, 1.165) is 5.56 Å². The third-order valence-electron chi connectivity index (χ3n) is 3.56. The number of aromatic hydroxyl groups is 1. The Morgan fingerprint density at radius 1 is 1.35 bits per heavy atom. The molecule has 0 amide bonds. The smallest absolute Gasteiger partial charge is 0.339 e. The Balaban J connectivity index is 2.38. The largest absolute Gasteiger partial charge is 0.504 e. The molecule has 0 bridgehead atoms. The van der Waals surface area contributed by atoms with E-state index in [0.29, 0.717) is 35.1 Å². The molecule has 0 saturated heterocycles. The molecule has 26 heavy (non-hydrogen) atoms. The first-order valence-electron chi connectivity index (χ1n) is 8.01. The maximum Gasteiger partial charge on any atom is 0.339 e. The van der Waals surface area contributed by atoms with Crippen LogP contribution in [0.15, 0.2) is 48.0 Å². The molecule has 2 aromatic rings. The van der Waals surface area contributed by atoms with Crippen molar-refractivity contribution in [2.24, 2.45) is 4.99 Å². The molecule has 136 valence electrons. The van der Waals surface area contributed by atoms with E-state index < -0.39 is 5.97 Å². The predicted octanol–water partition coefficient (Wildman–Crippen LogP) is 4.71. The Kier molecular flexibility index (Phi) is 6.81.